The summed E-state index contributed by atoms with van der Waals surface area (Å²) in [7, 11) is 0. The van der Waals surface area contributed by atoms with E-state index in [-0.39, 0.29) is 25.2 Å². The lowest BCUT2D eigenvalue weighted by atomic mass is 9.99. The molecular formula is C28H40N8O5. The van der Waals surface area contributed by atoms with Crippen molar-refractivity contribution in [1.29, 1.82) is 0 Å². The Labute approximate surface area is 238 Å². The van der Waals surface area contributed by atoms with Crippen LogP contribution in [0.2, 0.25) is 0 Å². The number of carboxylic acids is 1. The van der Waals surface area contributed by atoms with E-state index in [2.05, 4.69) is 30.9 Å². The van der Waals surface area contributed by atoms with E-state index in [9.17, 15) is 24.3 Å². The molecule has 0 saturated heterocycles. The molecule has 222 valence electrons. The van der Waals surface area contributed by atoms with Gasteiger partial charge in [-0.1, -0.05) is 32.0 Å². The zero-order valence-electron chi connectivity index (χ0n) is 23.4. The van der Waals surface area contributed by atoms with Crippen LogP contribution in [0.4, 0.5) is 0 Å². The summed E-state index contributed by atoms with van der Waals surface area (Å²) < 4.78 is 0. The molecule has 0 bridgehead atoms. The second kappa shape index (κ2) is 15.0. The number of imidazole rings is 1. The molecule has 10 N–H and O–H groups in total. The number of hydrogen-bond donors (Lipinski definition) is 8. The molecule has 3 aromatic rings. The molecule has 0 aliphatic rings. The fraction of sp³-hybridized carbons (Fsp3) is 0.464. The van der Waals surface area contributed by atoms with Crippen molar-refractivity contribution in [2.45, 2.75) is 70.1 Å². The number of fused-ring (bicyclic) bond motifs is 1. The van der Waals surface area contributed by atoms with E-state index in [0.29, 0.717) is 25.1 Å². The highest BCUT2D eigenvalue weighted by Gasteiger charge is 2.32. The van der Waals surface area contributed by atoms with Crippen molar-refractivity contribution in [3.05, 3.63) is 54.2 Å². The van der Waals surface area contributed by atoms with Crippen molar-refractivity contribution in [2.75, 3.05) is 6.54 Å². The Balaban J connectivity index is 1.78. The normalized spacial score (nSPS) is 14.3. The summed E-state index contributed by atoms with van der Waals surface area (Å²) in [4.78, 5) is 61.6. The molecule has 4 atom stereocenters. The topological polar surface area (TPSA) is 221 Å². The van der Waals surface area contributed by atoms with E-state index in [1.807, 2.05) is 24.3 Å². The Kier molecular flexibility index (Phi) is 11.4. The number of aromatic nitrogens is 3. The number of H-pyrrole nitrogens is 2. The predicted molar refractivity (Wildman–Crippen MR) is 153 cm³/mol. The van der Waals surface area contributed by atoms with Gasteiger partial charge in [-0.15, -0.1) is 0 Å². The van der Waals surface area contributed by atoms with Gasteiger partial charge in [-0.05, 0) is 43.4 Å². The molecule has 0 spiro atoms. The SMILES string of the molecule is CC(C)C(NC(=O)C(Cc1c[nH]c2ccccc12)NC(=O)C(N)Cc1cnc[nH]1)C(=O)NC(CCCCN)C(=O)O. The number of nitrogens with two attached hydrogens (primary N) is 2. The number of unbranched alkanes of at least 4 members (excludes halogenated alkanes) is 1. The summed E-state index contributed by atoms with van der Waals surface area (Å²) in [5.74, 6) is -3.30. The maximum atomic E-state index is 13.6. The van der Waals surface area contributed by atoms with Crippen LogP contribution in [0, 0.1) is 5.92 Å². The van der Waals surface area contributed by atoms with Gasteiger partial charge in [0.05, 0.1) is 12.4 Å². The number of rotatable bonds is 16. The minimum Gasteiger partial charge on any atom is -0.480 e. The Bertz CT molecular complexity index is 1310. The monoisotopic (exact) mass is 568 g/mol. The Hall–Kier alpha value is -4.23. The molecule has 0 aliphatic carbocycles. The minimum atomic E-state index is -1.17. The molecule has 0 saturated carbocycles. The first-order valence-corrected chi connectivity index (χ1v) is 13.7. The first-order valence-electron chi connectivity index (χ1n) is 13.7. The number of benzene rings is 1. The van der Waals surface area contributed by atoms with Crippen molar-refractivity contribution in [1.82, 2.24) is 30.9 Å². The van der Waals surface area contributed by atoms with Crippen molar-refractivity contribution in [3.8, 4) is 0 Å². The molecule has 0 radical (unpaired) electrons. The number of carbonyl (C=O) groups excluding carboxylic acids is 3. The summed E-state index contributed by atoms with van der Waals surface area (Å²) >= 11 is 0. The molecule has 4 unspecified atom stereocenters. The summed E-state index contributed by atoms with van der Waals surface area (Å²) in [6.07, 6.45) is 6.50. The summed E-state index contributed by atoms with van der Waals surface area (Å²) in [5, 5.41) is 18.5. The number of nitrogens with one attached hydrogen (secondary N) is 5. The number of aliphatic carboxylic acids is 1. The fourth-order valence-corrected chi connectivity index (χ4v) is 4.53. The second-order valence-corrected chi connectivity index (χ2v) is 10.4. The van der Waals surface area contributed by atoms with Crippen molar-refractivity contribution >= 4 is 34.6 Å². The number of nitrogens with zero attached hydrogens (tertiary/aromatic N) is 1. The fourth-order valence-electron chi connectivity index (χ4n) is 4.53. The van der Waals surface area contributed by atoms with Crippen LogP contribution >= 0.6 is 0 Å². The van der Waals surface area contributed by atoms with Gasteiger partial charge in [0.1, 0.15) is 18.1 Å². The average molecular weight is 569 g/mol. The Morgan fingerprint density at radius 2 is 1.68 bits per heavy atom. The van der Waals surface area contributed by atoms with E-state index >= 15 is 0 Å². The second-order valence-electron chi connectivity index (χ2n) is 10.4. The van der Waals surface area contributed by atoms with Crippen LogP contribution < -0.4 is 27.4 Å². The van der Waals surface area contributed by atoms with Crippen LogP contribution in [-0.2, 0) is 32.0 Å². The van der Waals surface area contributed by atoms with Crippen LogP contribution in [0.15, 0.2) is 43.0 Å². The molecule has 0 fully saturated rings. The maximum absolute atomic E-state index is 13.6. The molecule has 3 rings (SSSR count). The van der Waals surface area contributed by atoms with Gasteiger partial charge in [0, 0.05) is 41.8 Å². The van der Waals surface area contributed by atoms with E-state index in [1.165, 1.54) is 6.33 Å². The van der Waals surface area contributed by atoms with Gasteiger partial charge in [0.2, 0.25) is 17.7 Å². The van der Waals surface area contributed by atoms with Gasteiger partial charge in [0.25, 0.3) is 0 Å². The van der Waals surface area contributed by atoms with Gasteiger partial charge >= 0.3 is 5.97 Å². The number of carbonyl (C=O) groups is 4. The molecule has 3 amide bonds. The predicted octanol–water partition coefficient (Wildman–Crippen LogP) is 0.328. The van der Waals surface area contributed by atoms with Gasteiger partial charge in [0.15, 0.2) is 0 Å². The highest BCUT2D eigenvalue weighted by atomic mass is 16.4. The lowest BCUT2D eigenvalue weighted by Crippen LogP contribution is -2.59. The maximum Gasteiger partial charge on any atom is 0.326 e. The largest absolute Gasteiger partial charge is 0.480 e. The van der Waals surface area contributed by atoms with Crippen LogP contribution in [0.5, 0.6) is 0 Å². The zero-order chi connectivity index (χ0) is 29.9. The minimum absolute atomic E-state index is 0.127. The number of para-hydroxylation sites is 1. The average Bonchev–Trinajstić information content (AvgIpc) is 3.60. The van der Waals surface area contributed by atoms with E-state index in [0.717, 1.165) is 16.5 Å². The third-order valence-corrected chi connectivity index (χ3v) is 6.87. The first-order chi connectivity index (χ1) is 19.6. The number of amides is 3. The van der Waals surface area contributed by atoms with Gasteiger partial charge < -0.3 is 42.5 Å². The number of hydrogen-bond acceptors (Lipinski definition) is 7. The van der Waals surface area contributed by atoms with Crippen molar-refractivity contribution < 1.29 is 24.3 Å². The van der Waals surface area contributed by atoms with Gasteiger partial charge in [-0.2, -0.15) is 0 Å². The highest BCUT2D eigenvalue weighted by molar-refractivity contribution is 5.95. The summed E-state index contributed by atoms with van der Waals surface area (Å²) in [5.41, 5.74) is 14.0. The third-order valence-electron chi connectivity index (χ3n) is 6.87. The van der Waals surface area contributed by atoms with E-state index < -0.39 is 47.9 Å². The van der Waals surface area contributed by atoms with Crippen molar-refractivity contribution in [2.24, 2.45) is 17.4 Å². The zero-order valence-corrected chi connectivity index (χ0v) is 23.4. The quantitative estimate of drug-likeness (QED) is 0.112. The summed E-state index contributed by atoms with van der Waals surface area (Å²) in [6, 6.07) is 3.39. The molecular weight excluding hydrogens is 528 g/mol. The van der Waals surface area contributed by atoms with Crippen LogP contribution in [0.1, 0.15) is 44.4 Å². The van der Waals surface area contributed by atoms with Crippen molar-refractivity contribution in [3.63, 3.8) is 0 Å². The van der Waals surface area contributed by atoms with Crippen LogP contribution in [-0.4, -0.2) is 74.5 Å². The molecule has 41 heavy (non-hydrogen) atoms. The Morgan fingerprint density at radius 3 is 2.34 bits per heavy atom. The Morgan fingerprint density at radius 1 is 0.951 bits per heavy atom. The van der Waals surface area contributed by atoms with Crippen LogP contribution in [0.25, 0.3) is 10.9 Å². The number of aromatic amines is 2. The van der Waals surface area contributed by atoms with Gasteiger partial charge in [-0.25, -0.2) is 9.78 Å². The standard InChI is InChI=1S/C28H40N8O5/c1-16(2)24(27(39)34-22(28(40)41)9-5-6-10-29)36-26(38)23(11-17-13-32-21-8-4-3-7-19(17)21)35-25(37)20(30)12-18-14-31-15-33-18/h3-4,7-8,13-16,20,22-24,32H,5-6,9-12,29-30H2,1-2H3,(H,31,33)(H,34,39)(H,35,37)(H,36,38)(H,40,41). The lowest BCUT2D eigenvalue weighted by Gasteiger charge is -2.27. The first kappa shape index (κ1) is 31.3. The highest BCUT2D eigenvalue weighted by Crippen LogP contribution is 2.19. The molecule has 13 heteroatoms. The van der Waals surface area contributed by atoms with E-state index in [4.69, 9.17) is 11.5 Å². The molecule has 2 heterocycles. The molecule has 2 aromatic heterocycles. The molecule has 0 aliphatic heterocycles. The third kappa shape index (κ3) is 8.88. The van der Waals surface area contributed by atoms with Crippen LogP contribution in [0.3, 0.4) is 0 Å². The number of carboxylic acid groups (broad SMARTS) is 1. The van der Waals surface area contributed by atoms with E-state index in [1.54, 1.807) is 26.2 Å². The lowest BCUT2D eigenvalue weighted by molar-refractivity contribution is -0.142. The smallest absolute Gasteiger partial charge is 0.326 e. The van der Waals surface area contributed by atoms with Gasteiger partial charge in [-0.3, -0.25) is 14.4 Å². The summed E-state index contributed by atoms with van der Waals surface area (Å²) in [6.45, 7) is 3.89. The molecule has 13 nitrogen and oxygen atoms in total. The molecule has 1 aromatic carbocycles.